The minimum atomic E-state index is 0.0361. The molecule has 1 heterocycles. The summed E-state index contributed by atoms with van der Waals surface area (Å²) < 4.78 is 2.06. The van der Waals surface area contributed by atoms with Gasteiger partial charge in [0.05, 0.1) is 18.8 Å². The van der Waals surface area contributed by atoms with Crippen molar-refractivity contribution in [3.05, 3.63) is 82.7 Å². The molecule has 0 radical (unpaired) electrons. The molecular formula is C20H23N3O. The van der Waals surface area contributed by atoms with Gasteiger partial charge in [0.15, 0.2) is 0 Å². The van der Waals surface area contributed by atoms with Gasteiger partial charge in [-0.05, 0) is 25.5 Å². The first-order valence-corrected chi connectivity index (χ1v) is 8.18. The predicted octanol–water partition coefficient (Wildman–Crippen LogP) is 3.65. The highest BCUT2D eigenvalue weighted by Crippen LogP contribution is 2.19. The van der Waals surface area contributed by atoms with Crippen LogP contribution in [0, 0.1) is 13.8 Å². The van der Waals surface area contributed by atoms with Crippen LogP contribution in [-0.2, 0) is 19.7 Å². The molecule has 4 heteroatoms. The van der Waals surface area contributed by atoms with Gasteiger partial charge >= 0.3 is 0 Å². The molecule has 0 aliphatic heterocycles. The van der Waals surface area contributed by atoms with Crippen molar-refractivity contribution in [1.29, 1.82) is 0 Å². The van der Waals surface area contributed by atoms with Crippen molar-refractivity contribution in [1.82, 2.24) is 9.78 Å². The van der Waals surface area contributed by atoms with E-state index in [2.05, 4.69) is 46.3 Å². The second kappa shape index (κ2) is 7.32. The van der Waals surface area contributed by atoms with Crippen molar-refractivity contribution >= 4 is 5.69 Å². The average molecular weight is 321 g/mol. The maximum absolute atomic E-state index is 9.44. The van der Waals surface area contributed by atoms with Crippen molar-refractivity contribution in [2.75, 3.05) is 5.32 Å². The Bertz CT molecular complexity index is 809. The topological polar surface area (TPSA) is 50.1 Å². The number of anilines is 1. The minimum Gasteiger partial charge on any atom is -0.392 e. The van der Waals surface area contributed by atoms with E-state index in [0.717, 1.165) is 23.5 Å². The van der Waals surface area contributed by atoms with Gasteiger partial charge in [-0.2, -0.15) is 5.10 Å². The first-order valence-electron chi connectivity index (χ1n) is 8.18. The van der Waals surface area contributed by atoms with Gasteiger partial charge in [0.2, 0.25) is 0 Å². The van der Waals surface area contributed by atoms with Gasteiger partial charge in [0.1, 0.15) is 0 Å². The largest absolute Gasteiger partial charge is 0.392 e. The number of aliphatic hydroxyl groups is 1. The van der Waals surface area contributed by atoms with E-state index < -0.39 is 0 Å². The van der Waals surface area contributed by atoms with Crippen LogP contribution in [0.15, 0.2) is 54.6 Å². The van der Waals surface area contributed by atoms with Crippen LogP contribution in [0.4, 0.5) is 5.69 Å². The fraction of sp³-hybridized carbons (Fsp3) is 0.250. The first-order chi connectivity index (χ1) is 11.7. The predicted molar refractivity (Wildman–Crippen MR) is 96.9 cm³/mol. The summed E-state index contributed by atoms with van der Waals surface area (Å²) in [6.45, 7) is 5.67. The molecule has 0 aliphatic rings. The van der Waals surface area contributed by atoms with Crippen LogP contribution in [0.2, 0.25) is 0 Å². The molecule has 0 fully saturated rings. The number of para-hydroxylation sites is 1. The average Bonchev–Trinajstić information content (AvgIpc) is 2.87. The minimum absolute atomic E-state index is 0.0361. The summed E-state index contributed by atoms with van der Waals surface area (Å²) in [6.07, 6.45) is 0. The Morgan fingerprint density at radius 1 is 1.00 bits per heavy atom. The molecule has 0 atom stereocenters. The van der Waals surface area contributed by atoms with E-state index in [-0.39, 0.29) is 6.61 Å². The molecule has 124 valence electrons. The van der Waals surface area contributed by atoms with E-state index in [1.165, 1.54) is 16.8 Å². The van der Waals surface area contributed by atoms with Crippen molar-refractivity contribution < 1.29 is 5.11 Å². The summed E-state index contributed by atoms with van der Waals surface area (Å²) in [6, 6.07) is 18.2. The van der Waals surface area contributed by atoms with Crippen LogP contribution in [0.3, 0.4) is 0 Å². The van der Waals surface area contributed by atoms with Gasteiger partial charge in [-0.3, -0.25) is 4.68 Å². The fourth-order valence-corrected chi connectivity index (χ4v) is 2.91. The van der Waals surface area contributed by atoms with Gasteiger partial charge in [0, 0.05) is 29.1 Å². The van der Waals surface area contributed by atoms with Crippen LogP contribution in [0.25, 0.3) is 0 Å². The third-order valence-electron chi connectivity index (χ3n) is 4.35. The standard InChI is InChI=1S/C20H23N3O/c1-15-19(12-21-20-11-7-6-10-18(20)14-24)16(2)23(22-15)13-17-8-4-3-5-9-17/h3-11,21,24H,12-14H2,1-2H3. The van der Waals surface area contributed by atoms with Gasteiger partial charge < -0.3 is 10.4 Å². The Hall–Kier alpha value is -2.59. The van der Waals surface area contributed by atoms with Gasteiger partial charge in [0.25, 0.3) is 0 Å². The maximum atomic E-state index is 9.44. The van der Waals surface area contributed by atoms with E-state index in [0.29, 0.717) is 6.54 Å². The highest BCUT2D eigenvalue weighted by atomic mass is 16.3. The number of nitrogens with zero attached hydrogens (tertiary/aromatic N) is 2. The summed E-state index contributed by atoms with van der Waals surface area (Å²) >= 11 is 0. The lowest BCUT2D eigenvalue weighted by atomic mass is 10.1. The van der Waals surface area contributed by atoms with Crippen molar-refractivity contribution in [3.63, 3.8) is 0 Å². The molecule has 2 aromatic carbocycles. The molecular weight excluding hydrogens is 298 g/mol. The fourth-order valence-electron chi connectivity index (χ4n) is 2.91. The normalized spacial score (nSPS) is 10.8. The lowest BCUT2D eigenvalue weighted by Gasteiger charge is -2.11. The molecule has 3 rings (SSSR count). The van der Waals surface area contributed by atoms with Crippen molar-refractivity contribution in [2.24, 2.45) is 0 Å². The SMILES string of the molecule is Cc1nn(Cc2ccccc2)c(C)c1CNc1ccccc1CO. The molecule has 0 aliphatic carbocycles. The van der Waals surface area contributed by atoms with E-state index in [1.54, 1.807) is 0 Å². The summed E-state index contributed by atoms with van der Waals surface area (Å²) in [4.78, 5) is 0. The third-order valence-corrected chi connectivity index (χ3v) is 4.35. The Kier molecular flexibility index (Phi) is 4.96. The summed E-state index contributed by atoms with van der Waals surface area (Å²) in [5.41, 5.74) is 6.54. The maximum Gasteiger partial charge on any atom is 0.0701 e. The summed E-state index contributed by atoms with van der Waals surface area (Å²) in [5, 5.41) is 17.6. The third kappa shape index (κ3) is 3.49. The van der Waals surface area contributed by atoms with Gasteiger partial charge in [-0.1, -0.05) is 48.5 Å². The highest BCUT2D eigenvalue weighted by Gasteiger charge is 2.12. The molecule has 0 saturated carbocycles. The molecule has 0 bridgehead atoms. The number of hydrogen-bond acceptors (Lipinski definition) is 3. The lowest BCUT2D eigenvalue weighted by Crippen LogP contribution is -2.06. The number of rotatable bonds is 6. The Labute approximate surface area is 142 Å². The molecule has 0 amide bonds. The zero-order valence-electron chi connectivity index (χ0n) is 14.2. The molecule has 3 aromatic rings. The van der Waals surface area contributed by atoms with E-state index in [4.69, 9.17) is 0 Å². The molecule has 0 saturated heterocycles. The highest BCUT2D eigenvalue weighted by molar-refractivity contribution is 5.51. The van der Waals surface area contributed by atoms with E-state index in [1.807, 2.05) is 37.3 Å². The number of aromatic nitrogens is 2. The molecule has 0 spiro atoms. The Morgan fingerprint density at radius 3 is 2.46 bits per heavy atom. The monoisotopic (exact) mass is 321 g/mol. The number of aryl methyl sites for hydroxylation is 1. The number of aliphatic hydroxyl groups excluding tert-OH is 1. The van der Waals surface area contributed by atoms with Crippen LogP contribution >= 0.6 is 0 Å². The van der Waals surface area contributed by atoms with Crippen molar-refractivity contribution in [2.45, 2.75) is 33.5 Å². The smallest absolute Gasteiger partial charge is 0.0701 e. The zero-order chi connectivity index (χ0) is 16.9. The van der Waals surface area contributed by atoms with Crippen LogP contribution in [0.1, 0.15) is 28.1 Å². The molecule has 0 unspecified atom stereocenters. The number of benzene rings is 2. The van der Waals surface area contributed by atoms with Crippen LogP contribution < -0.4 is 5.32 Å². The Balaban J connectivity index is 1.77. The van der Waals surface area contributed by atoms with Crippen LogP contribution in [-0.4, -0.2) is 14.9 Å². The number of hydrogen-bond donors (Lipinski definition) is 2. The molecule has 24 heavy (non-hydrogen) atoms. The Morgan fingerprint density at radius 2 is 1.71 bits per heavy atom. The zero-order valence-corrected chi connectivity index (χ0v) is 14.2. The van der Waals surface area contributed by atoms with Gasteiger partial charge in [-0.25, -0.2) is 0 Å². The van der Waals surface area contributed by atoms with Crippen LogP contribution in [0.5, 0.6) is 0 Å². The second-order valence-corrected chi connectivity index (χ2v) is 5.96. The lowest BCUT2D eigenvalue weighted by molar-refractivity contribution is 0.282. The molecule has 4 nitrogen and oxygen atoms in total. The quantitative estimate of drug-likeness (QED) is 0.728. The second-order valence-electron chi connectivity index (χ2n) is 5.96. The van der Waals surface area contributed by atoms with E-state index >= 15 is 0 Å². The molecule has 2 N–H and O–H groups in total. The summed E-state index contributed by atoms with van der Waals surface area (Å²) in [5.74, 6) is 0. The number of nitrogens with one attached hydrogen (secondary N) is 1. The van der Waals surface area contributed by atoms with Gasteiger partial charge in [-0.15, -0.1) is 0 Å². The first kappa shape index (κ1) is 16.3. The molecule has 1 aromatic heterocycles. The van der Waals surface area contributed by atoms with Crippen molar-refractivity contribution in [3.8, 4) is 0 Å². The summed E-state index contributed by atoms with van der Waals surface area (Å²) in [7, 11) is 0. The van der Waals surface area contributed by atoms with E-state index in [9.17, 15) is 5.11 Å².